The Balaban J connectivity index is 1.15. The Kier molecular flexibility index (Phi) is 19.6. The molecule has 7 heteroatoms. The van der Waals surface area contributed by atoms with Crippen LogP contribution in [0, 0.1) is 34.5 Å². The van der Waals surface area contributed by atoms with Crippen molar-refractivity contribution in [1.82, 2.24) is 0 Å². The molecule has 0 saturated heterocycles. The minimum absolute atomic E-state index is 0.157. The summed E-state index contributed by atoms with van der Waals surface area (Å²) in [5, 5.41) is 0. The van der Waals surface area contributed by atoms with Gasteiger partial charge in [-0.2, -0.15) is 26.3 Å². The second kappa shape index (κ2) is 24.8. The van der Waals surface area contributed by atoms with Gasteiger partial charge in [0.15, 0.2) is 0 Å². The highest BCUT2D eigenvalue weighted by molar-refractivity contribution is 5.41. The van der Waals surface area contributed by atoms with Gasteiger partial charge in [-0.25, -0.2) is 0 Å². The molecule has 0 bridgehead atoms. The standard InChI is InChI=1S/C58H80F6O/c1-3-5-7-9-11-13-17-23-45-29-33-51(34-30-45)55(57(59,60)61)41-37-49(38-42-55)53(47-25-19-15-20-26-47)65-54(48-27-21-16-22-28-48)50-39-43-56(44-40-50,58(62,63)64)52-35-31-46(32-36-52)24-18-14-12-10-8-6-4-2/h15-16,19-22,25-28,37-41,43,45-46,51-54H,3-14,17-18,23-24,29-36,42,44H2,1-2H3. The van der Waals surface area contributed by atoms with E-state index in [0.717, 1.165) is 49.7 Å². The van der Waals surface area contributed by atoms with E-state index in [0.29, 0.717) is 48.7 Å². The van der Waals surface area contributed by atoms with E-state index in [-0.39, 0.29) is 12.8 Å². The molecule has 0 amide bonds. The molecule has 1 nitrogen and oxygen atoms in total. The number of allylic oxidation sites excluding steroid dienone is 4. The monoisotopic (exact) mass is 907 g/mol. The first-order chi connectivity index (χ1) is 31.4. The topological polar surface area (TPSA) is 9.23 Å². The van der Waals surface area contributed by atoms with Crippen LogP contribution in [0.5, 0.6) is 0 Å². The molecule has 4 aliphatic rings. The number of ether oxygens (including phenoxy) is 1. The van der Waals surface area contributed by atoms with Gasteiger partial charge in [0, 0.05) is 0 Å². The lowest BCUT2D eigenvalue weighted by Crippen LogP contribution is -2.45. The van der Waals surface area contributed by atoms with Crippen molar-refractivity contribution in [3.63, 3.8) is 0 Å². The second-order valence-electron chi connectivity index (χ2n) is 20.5. The van der Waals surface area contributed by atoms with Crippen LogP contribution < -0.4 is 0 Å². The third kappa shape index (κ3) is 13.6. The van der Waals surface area contributed by atoms with Crippen LogP contribution in [0.2, 0.25) is 0 Å². The highest BCUT2D eigenvalue weighted by Gasteiger charge is 2.59. The molecule has 4 aliphatic carbocycles. The smallest absolute Gasteiger partial charge is 0.356 e. The zero-order chi connectivity index (χ0) is 46.2. The van der Waals surface area contributed by atoms with Crippen LogP contribution in [-0.2, 0) is 4.74 Å². The number of alkyl halides is 6. The number of benzene rings is 2. The third-order valence-electron chi connectivity index (χ3n) is 16.2. The Morgan fingerprint density at radius 2 is 0.815 bits per heavy atom. The fourth-order valence-electron chi connectivity index (χ4n) is 12.0. The zero-order valence-corrected chi connectivity index (χ0v) is 39.8. The van der Waals surface area contributed by atoms with Crippen LogP contribution in [0.4, 0.5) is 26.3 Å². The van der Waals surface area contributed by atoms with E-state index in [4.69, 9.17) is 4.74 Å². The first-order valence-corrected chi connectivity index (χ1v) is 26.1. The van der Waals surface area contributed by atoms with E-state index in [1.807, 2.05) is 60.7 Å². The fraction of sp³-hybridized carbons (Fsp3) is 0.655. The maximum atomic E-state index is 15.4. The maximum absolute atomic E-state index is 15.4. The molecule has 4 unspecified atom stereocenters. The average molecular weight is 907 g/mol. The van der Waals surface area contributed by atoms with Crippen LogP contribution in [-0.4, -0.2) is 12.4 Å². The van der Waals surface area contributed by atoms with E-state index < -0.39 is 47.2 Å². The van der Waals surface area contributed by atoms with E-state index in [2.05, 4.69) is 13.8 Å². The van der Waals surface area contributed by atoms with Crippen molar-refractivity contribution < 1.29 is 31.1 Å². The maximum Gasteiger partial charge on any atom is 0.398 e. The van der Waals surface area contributed by atoms with Crippen molar-refractivity contribution >= 4 is 0 Å². The summed E-state index contributed by atoms with van der Waals surface area (Å²) >= 11 is 0. The molecule has 65 heavy (non-hydrogen) atoms. The molecule has 2 saturated carbocycles. The van der Waals surface area contributed by atoms with Crippen LogP contribution in [0.3, 0.4) is 0 Å². The summed E-state index contributed by atoms with van der Waals surface area (Å²) < 4.78 is 99.4. The summed E-state index contributed by atoms with van der Waals surface area (Å²) in [6.45, 7) is 4.45. The Bertz CT molecular complexity index is 1660. The molecule has 2 fully saturated rings. The predicted octanol–water partition coefficient (Wildman–Crippen LogP) is 19.2. The number of unbranched alkanes of at least 4 members (excludes halogenated alkanes) is 12. The number of halogens is 6. The number of hydrogen-bond acceptors (Lipinski definition) is 1. The van der Waals surface area contributed by atoms with E-state index in [1.54, 1.807) is 24.3 Å². The van der Waals surface area contributed by atoms with Gasteiger partial charge in [-0.1, -0.05) is 239 Å². The average Bonchev–Trinajstić information content (AvgIpc) is 3.32. The fourth-order valence-corrected chi connectivity index (χ4v) is 12.0. The first-order valence-electron chi connectivity index (χ1n) is 26.1. The summed E-state index contributed by atoms with van der Waals surface area (Å²) in [7, 11) is 0. The van der Waals surface area contributed by atoms with Crippen molar-refractivity contribution in [2.24, 2.45) is 34.5 Å². The van der Waals surface area contributed by atoms with Crippen molar-refractivity contribution in [2.45, 2.75) is 205 Å². The summed E-state index contributed by atoms with van der Waals surface area (Å²) in [5.41, 5.74) is -1.03. The van der Waals surface area contributed by atoms with Crippen molar-refractivity contribution in [3.05, 3.63) is 119 Å². The van der Waals surface area contributed by atoms with Gasteiger partial charge in [0.05, 0.1) is 10.8 Å². The van der Waals surface area contributed by atoms with E-state index >= 15 is 26.3 Å². The molecule has 360 valence electrons. The molecular weight excluding hydrogens is 827 g/mol. The molecule has 2 aromatic carbocycles. The molecule has 0 radical (unpaired) electrons. The second-order valence-corrected chi connectivity index (χ2v) is 20.5. The summed E-state index contributed by atoms with van der Waals surface area (Å²) in [5.74, 6) is 0.0319. The van der Waals surface area contributed by atoms with Gasteiger partial charge in [-0.05, 0) is 84.5 Å². The normalized spacial score (nSPS) is 27.3. The van der Waals surface area contributed by atoms with Gasteiger partial charge in [-0.15, -0.1) is 0 Å². The summed E-state index contributed by atoms with van der Waals surface area (Å²) in [4.78, 5) is 0. The van der Waals surface area contributed by atoms with Crippen LogP contribution in [0.15, 0.2) is 108 Å². The van der Waals surface area contributed by atoms with E-state index in [9.17, 15) is 0 Å². The van der Waals surface area contributed by atoms with E-state index in [1.165, 1.54) is 102 Å². The van der Waals surface area contributed by atoms with Crippen LogP contribution >= 0.6 is 0 Å². The lowest BCUT2D eigenvalue weighted by molar-refractivity contribution is -0.227. The Hall–Kier alpha value is -3.06. The van der Waals surface area contributed by atoms with Gasteiger partial charge in [0.1, 0.15) is 12.2 Å². The van der Waals surface area contributed by atoms with Crippen molar-refractivity contribution in [2.75, 3.05) is 0 Å². The zero-order valence-electron chi connectivity index (χ0n) is 39.8. The van der Waals surface area contributed by atoms with Gasteiger partial charge in [0.2, 0.25) is 0 Å². The molecule has 0 heterocycles. The Morgan fingerprint density at radius 1 is 0.477 bits per heavy atom. The molecule has 6 rings (SSSR count). The van der Waals surface area contributed by atoms with Crippen molar-refractivity contribution in [1.29, 1.82) is 0 Å². The highest BCUT2D eigenvalue weighted by atomic mass is 19.4. The minimum Gasteiger partial charge on any atom is -0.356 e. The summed E-state index contributed by atoms with van der Waals surface area (Å²) in [6, 6.07) is 19.0. The van der Waals surface area contributed by atoms with Gasteiger partial charge in [-0.3, -0.25) is 0 Å². The molecular formula is C58H80F6O. The summed E-state index contributed by atoms with van der Waals surface area (Å²) in [6.07, 6.45) is 24.3. The SMILES string of the molecule is CCCCCCCCCC1CCC(C2(C(F)(F)F)C=CC(C(OC(C3=CCC(C4CCC(CCCCCCCCC)CC4)(C(F)(F)F)C=C3)c3ccccc3)c3ccccc3)=CC2)CC1. The van der Waals surface area contributed by atoms with Crippen molar-refractivity contribution in [3.8, 4) is 0 Å². The molecule has 0 aromatic heterocycles. The third-order valence-corrected chi connectivity index (χ3v) is 16.2. The number of rotatable bonds is 24. The lowest BCUT2D eigenvalue weighted by Gasteiger charge is -2.45. The quantitative estimate of drug-likeness (QED) is 0.0753. The molecule has 2 aromatic rings. The first kappa shape index (κ1) is 51.3. The largest absolute Gasteiger partial charge is 0.398 e. The van der Waals surface area contributed by atoms with Crippen LogP contribution in [0.1, 0.15) is 204 Å². The predicted molar refractivity (Wildman–Crippen MR) is 256 cm³/mol. The van der Waals surface area contributed by atoms with Crippen LogP contribution in [0.25, 0.3) is 0 Å². The van der Waals surface area contributed by atoms with Gasteiger partial charge < -0.3 is 4.74 Å². The van der Waals surface area contributed by atoms with Gasteiger partial charge in [0.25, 0.3) is 0 Å². The van der Waals surface area contributed by atoms with Gasteiger partial charge >= 0.3 is 12.4 Å². The lowest BCUT2D eigenvalue weighted by atomic mass is 9.62. The molecule has 4 atom stereocenters. The minimum atomic E-state index is -4.41. The molecule has 0 N–H and O–H groups in total. The Morgan fingerprint density at radius 3 is 1.12 bits per heavy atom. The number of hydrogen-bond donors (Lipinski definition) is 0. The highest BCUT2D eigenvalue weighted by Crippen LogP contribution is 2.58. The molecule has 0 spiro atoms. The molecule has 0 aliphatic heterocycles. The Labute approximate surface area is 389 Å².